The van der Waals surface area contributed by atoms with E-state index in [0.717, 1.165) is 36.9 Å². The van der Waals surface area contributed by atoms with Crippen molar-refractivity contribution in [1.82, 2.24) is 20.9 Å². The second kappa shape index (κ2) is 9.41. The summed E-state index contributed by atoms with van der Waals surface area (Å²) in [6, 6.07) is 11.5. The average Bonchev–Trinajstić information content (AvgIpc) is 3.19. The molecule has 3 N–H and O–H groups in total. The minimum Gasteiger partial charge on any atom is -0.355 e. The predicted molar refractivity (Wildman–Crippen MR) is 113 cm³/mol. The molecular formula is C20H25ClN6O. The average molecular weight is 401 g/mol. The van der Waals surface area contributed by atoms with Crippen molar-refractivity contribution in [3.8, 4) is 0 Å². The van der Waals surface area contributed by atoms with Gasteiger partial charge in [0.05, 0.1) is 5.02 Å². The van der Waals surface area contributed by atoms with Gasteiger partial charge in [0.15, 0.2) is 5.96 Å². The van der Waals surface area contributed by atoms with Gasteiger partial charge < -0.3 is 20.9 Å². The molecule has 2 aromatic rings. The first-order chi connectivity index (χ1) is 13.6. The molecule has 3 rings (SSSR count). The molecule has 0 aliphatic carbocycles. The Morgan fingerprint density at radius 2 is 2.11 bits per heavy atom. The zero-order valence-electron chi connectivity index (χ0n) is 16.1. The Bertz CT molecular complexity index is 839. The summed E-state index contributed by atoms with van der Waals surface area (Å²) in [5, 5.41) is 10.1. The number of nitrogens with one attached hydrogen (secondary N) is 3. The number of pyridine rings is 1. The molecule has 0 spiro atoms. The van der Waals surface area contributed by atoms with Gasteiger partial charge in [-0.3, -0.25) is 9.79 Å². The summed E-state index contributed by atoms with van der Waals surface area (Å²) in [5.41, 5.74) is 1.72. The summed E-state index contributed by atoms with van der Waals surface area (Å²) in [7, 11) is 3.38. The smallest absolute Gasteiger partial charge is 0.251 e. The molecule has 8 heteroatoms. The Balaban J connectivity index is 1.51. The third-order valence-electron chi connectivity index (χ3n) is 4.69. The van der Waals surface area contributed by atoms with Crippen LogP contribution in [0, 0.1) is 0 Å². The number of hydrogen-bond acceptors (Lipinski definition) is 4. The largest absolute Gasteiger partial charge is 0.355 e. The molecule has 0 radical (unpaired) electrons. The van der Waals surface area contributed by atoms with Gasteiger partial charge in [0.25, 0.3) is 5.91 Å². The zero-order valence-corrected chi connectivity index (χ0v) is 16.8. The fourth-order valence-corrected chi connectivity index (χ4v) is 3.41. The summed E-state index contributed by atoms with van der Waals surface area (Å²) in [4.78, 5) is 22.5. The van der Waals surface area contributed by atoms with Crippen LogP contribution in [-0.4, -0.2) is 50.1 Å². The number of amides is 1. The van der Waals surface area contributed by atoms with E-state index in [1.54, 1.807) is 20.3 Å². The molecular weight excluding hydrogens is 376 g/mol. The normalized spacial score (nSPS) is 16.8. The molecule has 28 heavy (non-hydrogen) atoms. The summed E-state index contributed by atoms with van der Waals surface area (Å²) in [6.45, 7) is 2.33. The van der Waals surface area contributed by atoms with Crippen molar-refractivity contribution in [2.75, 3.05) is 32.1 Å². The quantitative estimate of drug-likeness (QED) is 0.528. The number of benzene rings is 1. The topological polar surface area (TPSA) is 81.6 Å². The Morgan fingerprint density at radius 1 is 1.32 bits per heavy atom. The van der Waals surface area contributed by atoms with Crippen molar-refractivity contribution in [1.29, 1.82) is 0 Å². The first-order valence-electron chi connectivity index (χ1n) is 9.24. The molecule has 1 aromatic heterocycles. The highest BCUT2D eigenvalue weighted by atomic mass is 35.5. The van der Waals surface area contributed by atoms with Crippen molar-refractivity contribution in [3.63, 3.8) is 0 Å². The van der Waals surface area contributed by atoms with Gasteiger partial charge in [-0.15, -0.1) is 0 Å². The number of hydrogen-bond donors (Lipinski definition) is 3. The molecule has 1 saturated heterocycles. The number of carbonyl (C=O) groups excluding carboxylic acids is 1. The van der Waals surface area contributed by atoms with Gasteiger partial charge >= 0.3 is 0 Å². The van der Waals surface area contributed by atoms with Crippen molar-refractivity contribution in [2.24, 2.45) is 4.99 Å². The lowest BCUT2D eigenvalue weighted by atomic mass is 10.1. The van der Waals surface area contributed by atoms with E-state index in [4.69, 9.17) is 11.6 Å². The summed E-state index contributed by atoms with van der Waals surface area (Å²) in [5.74, 6) is 1.48. The highest BCUT2D eigenvalue weighted by Crippen LogP contribution is 2.25. The fraction of sp³-hybridized carbons (Fsp3) is 0.350. The second-order valence-electron chi connectivity index (χ2n) is 6.59. The van der Waals surface area contributed by atoms with Gasteiger partial charge in [-0.1, -0.05) is 23.7 Å². The highest BCUT2D eigenvalue weighted by Gasteiger charge is 2.25. The predicted octanol–water partition coefficient (Wildman–Crippen LogP) is 2.04. The number of guanidine groups is 1. The van der Waals surface area contributed by atoms with Gasteiger partial charge in [0.2, 0.25) is 0 Å². The van der Waals surface area contributed by atoms with E-state index in [1.807, 2.05) is 36.4 Å². The molecule has 1 atom stereocenters. The number of aromatic nitrogens is 1. The Labute approximate surface area is 170 Å². The number of carbonyl (C=O) groups is 1. The molecule has 1 aliphatic heterocycles. The Kier molecular flexibility index (Phi) is 6.71. The number of rotatable bonds is 5. The van der Waals surface area contributed by atoms with Crippen LogP contribution >= 0.6 is 11.6 Å². The SMILES string of the molecule is CN=C(NCc1ccc(C(=O)NC)cc1)NC1CCN(c2ncccc2Cl)C1. The number of anilines is 1. The van der Waals surface area contributed by atoms with Crippen LogP contribution in [0.2, 0.25) is 5.02 Å². The minimum absolute atomic E-state index is 0.0872. The molecule has 2 heterocycles. The van der Waals surface area contributed by atoms with E-state index in [1.165, 1.54) is 0 Å². The molecule has 1 unspecified atom stereocenters. The number of halogens is 1. The van der Waals surface area contributed by atoms with Gasteiger partial charge in [-0.25, -0.2) is 4.98 Å². The number of nitrogens with zero attached hydrogens (tertiary/aromatic N) is 3. The summed E-state index contributed by atoms with van der Waals surface area (Å²) in [6.07, 6.45) is 2.74. The molecule has 1 amide bonds. The lowest BCUT2D eigenvalue weighted by Gasteiger charge is -2.20. The van der Waals surface area contributed by atoms with Gasteiger partial charge in [0, 0.05) is 51.5 Å². The van der Waals surface area contributed by atoms with Crippen LogP contribution in [0.25, 0.3) is 0 Å². The van der Waals surface area contributed by atoms with Crippen LogP contribution < -0.4 is 20.9 Å². The van der Waals surface area contributed by atoms with E-state index in [0.29, 0.717) is 17.1 Å². The first-order valence-corrected chi connectivity index (χ1v) is 9.62. The van der Waals surface area contributed by atoms with Crippen molar-refractivity contribution < 1.29 is 4.79 Å². The summed E-state index contributed by atoms with van der Waals surface area (Å²) < 4.78 is 0. The van der Waals surface area contributed by atoms with Crippen LogP contribution in [0.1, 0.15) is 22.3 Å². The van der Waals surface area contributed by atoms with E-state index >= 15 is 0 Å². The highest BCUT2D eigenvalue weighted by molar-refractivity contribution is 6.32. The van der Waals surface area contributed by atoms with Crippen LogP contribution in [0.4, 0.5) is 5.82 Å². The van der Waals surface area contributed by atoms with Gasteiger partial charge in [-0.2, -0.15) is 0 Å². The van der Waals surface area contributed by atoms with Crippen LogP contribution in [0.3, 0.4) is 0 Å². The lowest BCUT2D eigenvalue weighted by Crippen LogP contribution is -2.44. The minimum atomic E-state index is -0.0872. The second-order valence-corrected chi connectivity index (χ2v) is 6.99. The maximum absolute atomic E-state index is 11.6. The Hall–Kier alpha value is -2.80. The van der Waals surface area contributed by atoms with E-state index in [2.05, 4.69) is 30.8 Å². The van der Waals surface area contributed by atoms with Gasteiger partial charge in [-0.05, 0) is 36.2 Å². The fourth-order valence-electron chi connectivity index (χ4n) is 3.17. The molecule has 7 nitrogen and oxygen atoms in total. The van der Waals surface area contributed by atoms with E-state index in [-0.39, 0.29) is 11.9 Å². The first kappa shape index (κ1) is 19.9. The zero-order chi connectivity index (χ0) is 19.9. The van der Waals surface area contributed by atoms with Crippen LogP contribution in [-0.2, 0) is 6.54 Å². The van der Waals surface area contributed by atoms with Crippen molar-refractivity contribution in [2.45, 2.75) is 19.0 Å². The van der Waals surface area contributed by atoms with Crippen LogP contribution in [0.15, 0.2) is 47.6 Å². The van der Waals surface area contributed by atoms with Crippen molar-refractivity contribution in [3.05, 3.63) is 58.7 Å². The Morgan fingerprint density at radius 3 is 2.79 bits per heavy atom. The molecule has 0 saturated carbocycles. The third-order valence-corrected chi connectivity index (χ3v) is 4.99. The van der Waals surface area contributed by atoms with E-state index in [9.17, 15) is 4.79 Å². The number of aliphatic imine (C=N–C) groups is 1. The maximum Gasteiger partial charge on any atom is 0.251 e. The molecule has 1 aliphatic rings. The van der Waals surface area contributed by atoms with E-state index < -0.39 is 0 Å². The summed E-state index contributed by atoms with van der Waals surface area (Å²) >= 11 is 6.26. The van der Waals surface area contributed by atoms with Crippen LogP contribution in [0.5, 0.6) is 0 Å². The monoisotopic (exact) mass is 400 g/mol. The van der Waals surface area contributed by atoms with Crippen molar-refractivity contribution >= 4 is 29.3 Å². The molecule has 1 aromatic carbocycles. The van der Waals surface area contributed by atoms with Gasteiger partial charge in [0.1, 0.15) is 5.82 Å². The molecule has 1 fully saturated rings. The molecule has 0 bridgehead atoms. The standard InChI is InChI=1S/C20H25ClN6O/c1-22-19(28)15-7-5-14(6-8-15)12-25-20(23-2)26-16-9-11-27(13-16)18-17(21)4-3-10-24-18/h3-8,10,16H,9,11-13H2,1-2H3,(H,22,28)(H2,23,25,26). The lowest BCUT2D eigenvalue weighted by molar-refractivity contribution is 0.0963. The third kappa shape index (κ3) is 4.92. The maximum atomic E-state index is 11.6. The molecule has 148 valence electrons.